The van der Waals surface area contributed by atoms with Crippen LogP contribution < -0.4 is 0 Å². The molecule has 2 amide bonds. The Morgan fingerprint density at radius 2 is 1.69 bits per heavy atom. The monoisotopic (exact) mass is 523 g/mol. The number of carbonyl (C=O) groups excluding carboxylic acids is 2. The summed E-state index contributed by atoms with van der Waals surface area (Å²) in [6.45, 7) is 5.58. The second-order valence-electron chi connectivity index (χ2n) is 8.58. The zero-order valence-corrected chi connectivity index (χ0v) is 20.8. The molecule has 2 aliphatic rings. The van der Waals surface area contributed by atoms with E-state index in [-0.39, 0.29) is 17.9 Å². The fourth-order valence-corrected chi connectivity index (χ4v) is 4.51. The van der Waals surface area contributed by atoms with Crippen LogP contribution in [0, 0.1) is 5.82 Å². The van der Waals surface area contributed by atoms with Gasteiger partial charge in [-0.2, -0.15) is 0 Å². The van der Waals surface area contributed by atoms with Gasteiger partial charge in [-0.05, 0) is 42.5 Å². The first kappa shape index (κ1) is 25.9. The predicted octanol–water partition coefficient (Wildman–Crippen LogP) is 3.45. The van der Waals surface area contributed by atoms with Crippen LogP contribution in [0.15, 0.2) is 42.5 Å². The number of benzene rings is 2. The SMILES string of the molecule is O=C(c1ccc(Cl)c(Cl)c1)N1CCOC(CN(CCN2CCOCC2)C(=O)c2ccc(F)cc2)C1. The van der Waals surface area contributed by atoms with E-state index in [1.54, 1.807) is 28.0 Å². The first-order valence-corrected chi connectivity index (χ1v) is 12.4. The summed E-state index contributed by atoms with van der Waals surface area (Å²) < 4.78 is 24.7. The number of rotatable bonds is 7. The maximum atomic E-state index is 13.4. The van der Waals surface area contributed by atoms with E-state index in [4.69, 9.17) is 32.7 Å². The number of hydrogen-bond donors (Lipinski definition) is 0. The highest BCUT2D eigenvalue weighted by Crippen LogP contribution is 2.24. The number of amides is 2. The minimum Gasteiger partial charge on any atom is -0.379 e. The summed E-state index contributed by atoms with van der Waals surface area (Å²) in [7, 11) is 0. The van der Waals surface area contributed by atoms with Gasteiger partial charge in [0.2, 0.25) is 0 Å². The molecule has 2 aliphatic heterocycles. The summed E-state index contributed by atoms with van der Waals surface area (Å²) in [5.74, 6) is -0.759. The predicted molar refractivity (Wildman–Crippen MR) is 132 cm³/mol. The normalized spacial score (nSPS) is 18.9. The summed E-state index contributed by atoms with van der Waals surface area (Å²) in [5.41, 5.74) is 0.861. The van der Waals surface area contributed by atoms with Gasteiger partial charge in [-0.25, -0.2) is 4.39 Å². The fourth-order valence-electron chi connectivity index (χ4n) is 4.21. The van der Waals surface area contributed by atoms with Gasteiger partial charge in [0.25, 0.3) is 11.8 Å². The topological polar surface area (TPSA) is 62.3 Å². The van der Waals surface area contributed by atoms with E-state index in [2.05, 4.69) is 4.90 Å². The van der Waals surface area contributed by atoms with Gasteiger partial charge in [0.05, 0.1) is 36.0 Å². The van der Waals surface area contributed by atoms with Crippen LogP contribution in [0.5, 0.6) is 0 Å². The lowest BCUT2D eigenvalue weighted by Gasteiger charge is -2.37. The Kier molecular flexibility index (Phi) is 8.97. The molecule has 2 saturated heterocycles. The third-order valence-corrected chi connectivity index (χ3v) is 6.92. The van der Waals surface area contributed by atoms with Gasteiger partial charge in [0.1, 0.15) is 5.82 Å². The van der Waals surface area contributed by atoms with Crippen molar-refractivity contribution < 1.29 is 23.5 Å². The lowest BCUT2D eigenvalue weighted by molar-refractivity contribution is -0.0346. The fraction of sp³-hybridized carbons (Fsp3) is 0.440. The summed E-state index contributed by atoms with van der Waals surface area (Å²) >= 11 is 12.1. The van der Waals surface area contributed by atoms with Crippen LogP contribution in [0.2, 0.25) is 10.0 Å². The average molecular weight is 524 g/mol. The van der Waals surface area contributed by atoms with Gasteiger partial charge < -0.3 is 19.3 Å². The Labute approximate surface area is 214 Å². The summed E-state index contributed by atoms with van der Waals surface area (Å²) in [4.78, 5) is 32.0. The van der Waals surface area contributed by atoms with E-state index in [1.807, 2.05) is 0 Å². The molecule has 0 spiro atoms. The Morgan fingerprint density at radius 1 is 0.971 bits per heavy atom. The number of halogens is 3. The van der Waals surface area contributed by atoms with Gasteiger partial charge in [-0.1, -0.05) is 23.2 Å². The Balaban J connectivity index is 1.44. The van der Waals surface area contributed by atoms with Gasteiger partial charge in [0.15, 0.2) is 0 Å². The highest BCUT2D eigenvalue weighted by molar-refractivity contribution is 6.42. The minimum absolute atomic E-state index is 0.165. The Morgan fingerprint density at radius 3 is 2.40 bits per heavy atom. The molecule has 10 heteroatoms. The lowest BCUT2D eigenvalue weighted by Crippen LogP contribution is -2.52. The highest BCUT2D eigenvalue weighted by Gasteiger charge is 2.29. The molecule has 0 N–H and O–H groups in total. The highest BCUT2D eigenvalue weighted by atomic mass is 35.5. The van der Waals surface area contributed by atoms with Crippen molar-refractivity contribution in [3.8, 4) is 0 Å². The van der Waals surface area contributed by atoms with Crippen LogP contribution in [-0.2, 0) is 9.47 Å². The van der Waals surface area contributed by atoms with E-state index in [0.717, 1.165) is 13.1 Å². The number of nitrogens with zero attached hydrogens (tertiary/aromatic N) is 3. The van der Waals surface area contributed by atoms with Crippen LogP contribution in [-0.4, -0.2) is 98.3 Å². The minimum atomic E-state index is -0.395. The molecule has 1 unspecified atom stereocenters. The second-order valence-corrected chi connectivity index (χ2v) is 9.40. The zero-order valence-electron chi connectivity index (χ0n) is 19.3. The van der Waals surface area contributed by atoms with Gasteiger partial charge >= 0.3 is 0 Å². The van der Waals surface area contributed by atoms with Crippen LogP contribution in [0.4, 0.5) is 4.39 Å². The molecule has 2 fully saturated rings. The molecule has 4 rings (SSSR count). The molecule has 0 bridgehead atoms. The van der Waals surface area contributed by atoms with E-state index in [1.165, 1.54) is 24.3 Å². The van der Waals surface area contributed by atoms with Crippen molar-refractivity contribution in [2.75, 3.05) is 65.6 Å². The summed E-state index contributed by atoms with van der Waals surface area (Å²) in [6, 6.07) is 10.3. The molecule has 2 aromatic carbocycles. The molecule has 0 aliphatic carbocycles. The van der Waals surface area contributed by atoms with E-state index < -0.39 is 5.82 Å². The van der Waals surface area contributed by atoms with Crippen molar-refractivity contribution in [3.63, 3.8) is 0 Å². The molecule has 0 radical (unpaired) electrons. The molecule has 0 saturated carbocycles. The number of carbonyl (C=O) groups is 2. The molecular formula is C25H28Cl2FN3O4. The van der Waals surface area contributed by atoms with E-state index >= 15 is 0 Å². The molecule has 1 atom stereocenters. The van der Waals surface area contributed by atoms with Gasteiger partial charge in [0, 0.05) is 56.9 Å². The van der Waals surface area contributed by atoms with Gasteiger partial charge in [-0.3, -0.25) is 14.5 Å². The molecule has 35 heavy (non-hydrogen) atoms. The van der Waals surface area contributed by atoms with Crippen molar-refractivity contribution in [3.05, 3.63) is 69.5 Å². The maximum Gasteiger partial charge on any atom is 0.254 e. The largest absolute Gasteiger partial charge is 0.379 e. The summed E-state index contributed by atoms with van der Waals surface area (Å²) in [6.07, 6.45) is -0.357. The maximum absolute atomic E-state index is 13.4. The molecular weight excluding hydrogens is 496 g/mol. The number of hydrogen-bond acceptors (Lipinski definition) is 5. The van der Waals surface area contributed by atoms with Crippen LogP contribution in [0.3, 0.4) is 0 Å². The third kappa shape index (κ3) is 6.92. The average Bonchev–Trinajstić information content (AvgIpc) is 2.88. The molecule has 0 aromatic heterocycles. The van der Waals surface area contributed by atoms with E-state index in [0.29, 0.717) is 73.7 Å². The first-order valence-electron chi connectivity index (χ1n) is 11.6. The van der Waals surface area contributed by atoms with Crippen LogP contribution >= 0.6 is 23.2 Å². The van der Waals surface area contributed by atoms with E-state index in [9.17, 15) is 14.0 Å². The zero-order chi connectivity index (χ0) is 24.8. The van der Waals surface area contributed by atoms with Crippen molar-refractivity contribution in [2.45, 2.75) is 6.10 Å². The van der Waals surface area contributed by atoms with Gasteiger partial charge in [-0.15, -0.1) is 0 Å². The molecule has 2 aromatic rings. The number of morpholine rings is 2. The number of ether oxygens (including phenoxy) is 2. The Bertz CT molecular complexity index is 1030. The van der Waals surface area contributed by atoms with Crippen molar-refractivity contribution in [1.29, 1.82) is 0 Å². The summed E-state index contributed by atoms with van der Waals surface area (Å²) in [5, 5.41) is 0.708. The van der Waals surface area contributed by atoms with Crippen LogP contribution in [0.1, 0.15) is 20.7 Å². The van der Waals surface area contributed by atoms with Crippen LogP contribution in [0.25, 0.3) is 0 Å². The molecule has 7 nitrogen and oxygen atoms in total. The lowest BCUT2D eigenvalue weighted by atomic mass is 10.1. The Hall–Kier alpha value is -2.23. The van der Waals surface area contributed by atoms with Crippen molar-refractivity contribution in [2.24, 2.45) is 0 Å². The smallest absolute Gasteiger partial charge is 0.254 e. The quantitative estimate of drug-likeness (QED) is 0.556. The molecule has 2 heterocycles. The first-order chi connectivity index (χ1) is 16.9. The van der Waals surface area contributed by atoms with Crippen molar-refractivity contribution >= 4 is 35.0 Å². The second kappa shape index (κ2) is 12.1. The molecule has 188 valence electrons. The third-order valence-electron chi connectivity index (χ3n) is 6.18. The van der Waals surface area contributed by atoms with Crippen molar-refractivity contribution in [1.82, 2.24) is 14.7 Å². The standard InChI is InChI=1S/C25H28Cl2FN3O4/c26-22-6-3-19(15-23(22)27)25(33)31-11-14-35-21(17-31)16-30(8-7-29-9-12-34-13-10-29)24(32)18-1-4-20(28)5-2-18/h1-6,15,21H,7-14,16-17H2.